The summed E-state index contributed by atoms with van der Waals surface area (Å²) in [4.78, 5) is 4.75. The van der Waals surface area contributed by atoms with Gasteiger partial charge in [0, 0.05) is 19.6 Å². The zero-order chi connectivity index (χ0) is 17.4. The van der Waals surface area contributed by atoms with Gasteiger partial charge in [-0.15, -0.1) is 10.2 Å². The number of hydrogen-bond acceptors (Lipinski definition) is 3. The quantitative estimate of drug-likeness (QED) is 0.457. The fraction of sp³-hybridized carbons (Fsp3) is 0.833. The summed E-state index contributed by atoms with van der Waals surface area (Å²) in [7, 11) is 1.99. The second kappa shape index (κ2) is 9.64. The molecule has 0 saturated heterocycles. The molecule has 0 aromatic carbocycles. The predicted octanol–water partition coefficient (Wildman–Crippen LogP) is 2.93. The molecule has 6 nitrogen and oxygen atoms in total. The van der Waals surface area contributed by atoms with Gasteiger partial charge in [-0.1, -0.05) is 33.1 Å². The van der Waals surface area contributed by atoms with Crippen LogP contribution in [0.2, 0.25) is 0 Å². The molecule has 1 aliphatic carbocycles. The van der Waals surface area contributed by atoms with Crippen LogP contribution in [0.5, 0.6) is 0 Å². The molecule has 1 saturated carbocycles. The number of hydrogen-bond donors (Lipinski definition) is 2. The largest absolute Gasteiger partial charge is 0.356 e. The molecule has 0 amide bonds. The average molecular weight is 335 g/mol. The monoisotopic (exact) mass is 334 g/mol. The first-order chi connectivity index (χ1) is 11.6. The van der Waals surface area contributed by atoms with Crippen molar-refractivity contribution >= 4 is 5.96 Å². The minimum absolute atomic E-state index is 0.552. The third-order valence-electron chi connectivity index (χ3n) is 4.76. The second-order valence-corrected chi connectivity index (χ2v) is 7.33. The third kappa shape index (κ3) is 6.13. The minimum atomic E-state index is 0.552. The van der Waals surface area contributed by atoms with Crippen molar-refractivity contribution in [2.45, 2.75) is 78.3 Å². The lowest BCUT2D eigenvalue weighted by molar-refractivity contribution is 0.409. The van der Waals surface area contributed by atoms with Gasteiger partial charge in [0.15, 0.2) is 11.8 Å². The first kappa shape index (κ1) is 18.7. The highest BCUT2D eigenvalue weighted by Crippen LogP contribution is 2.17. The Morgan fingerprint density at radius 2 is 2.00 bits per heavy atom. The summed E-state index contributed by atoms with van der Waals surface area (Å²) >= 11 is 0. The van der Waals surface area contributed by atoms with Gasteiger partial charge in [0.05, 0.1) is 0 Å². The van der Waals surface area contributed by atoms with E-state index in [1.807, 2.05) is 18.5 Å². The van der Waals surface area contributed by atoms with E-state index in [-0.39, 0.29) is 0 Å². The van der Waals surface area contributed by atoms with Crippen LogP contribution in [-0.4, -0.2) is 33.3 Å². The molecular weight excluding hydrogens is 300 g/mol. The maximum absolute atomic E-state index is 4.75. The number of nitrogens with one attached hydrogen (secondary N) is 2. The van der Waals surface area contributed by atoms with Gasteiger partial charge in [-0.2, -0.15) is 0 Å². The molecule has 1 fully saturated rings. The predicted molar refractivity (Wildman–Crippen MR) is 99.0 cm³/mol. The van der Waals surface area contributed by atoms with E-state index in [4.69, 9.17) is 4.99 Å². The van der Waals surface area contributed by atoms with E-state index in [9.17, 15) is 0 Å². The molecular formula is C18H34N6. The van der Waals surface area contributed by atoms with Gasteiger partial charge in [-0.05, 0) is 38.5 Å². The van der Waals surface area contributed by atoms with E-state index in [0.29, 0.717) is 12.6 Å². The maximum Gasteiger partial charge on any atom is 0.191 e. The molecule has 0 unspecified atom stereocenters. The lowest BCUT2D eigenvalue weighted by Gasteiger charge is -2.25. The summed E-state index contributed by atoms with van der Waals surface area (Å²) < 4.78 is 2.00. The molecule has 0 aliphatic heterocycles. The number of guanidine groups is 1. The van der Waals surface area contributed by atoms with Gasteiger partial charge in [0.2, 0.25) is 0 Å². The fourth-order valence-corrected chi connectivity index (χ4v) is 3.05. The van der Waals surface area contributed by atoms with E-state index in [1.54, 1.807) is 0 Å². The normalized spacial score (nSPS) is 16.6. The summed E-state index contributed by atoms with van der Waals surface area (Å²) in [5, 5.41) is 15.4. The van der Waals surface area contributed by atoms with Crippen LogP contribution in [0.1, 0.15) is 70.4 Å². The molecule has 136 valence electrons. The Balaban J connectivity index is 1.92. The lowest BCUT2D eigenvalue weighted by atomic mass is 9.96. The lowest BCUT2D eigenvalue weighted by Crippen LogP contribution is -2.44. The molecule has 1 aromatic heterocycles. The molecule has 0 spiro atoms. The molecule has 1 aliphatic rings. The Hall–Kier alpha value is -1.59. The van der Waals surface area contributed by atoms with Crippen molar-refractivity contribution in [3.8, 4) is 0 Å². The Bertz CT molecular complexity index is 514. The molecule has 2 N–H and O–H groups in total. The highest BCUT2D eigenvalue weighted by Gasteiger charge is 2.15. The average Bonchev–Trinajstić information content (AvgIpc) is 2.89. The van der Waals surface area contributed by atoms with Gasteiger partial charge in [0.1, 0.15) is 12.4 Å². The van der Waals surface area contributed by atoms with E-state index in [0.717, 1.165) is 30.1 Å². The summed E-state index contributed by atoms with van der Waals surface area (Å²) in [6.45, 7) is 8.03. The van der Waals surface area contributed by atoms with E-state index >= 15 is 0 Å². The van der Waals surface area contributed by atoms with Gasteiger partial charge < -0.3 is 15.2 Å². The van der Waals surface area contributed by atoms with Crippen LogP contribution in [0, 0.1) is 12.8 Å². The fourth-order valence-electron chi connectivity index (χ4n) is 3.05. The molecule has 1 heterocycles. The summed E-state index contributed by atoms with van der Waals surface area (Å²) in [5.74, 6) is 3.50. The van der Waals surface area contributed by atoms with Crippen LogP contribution in [0.4, 0.5) is 0 Å². The first-order valence-electron chi connectivity index (χ1n) is 9.46. The van der Waals surface area contributed by atoms with E-state index in [1.165, 1.54) is 44.9 Å². The van der Waals surface area contributed by atoms with Crippen molar-refractivity contribution in [1.29, 1.82) is 0 Å². The molecule has 0 radical (unpaired) electrons. The van der Waals surface area contributed by atoms with Crippen molar-refractivity contribution in [2.24, 2.45) is 18.0 Å². The second-order valence-electron chi connectivity index (χ2n) is 7.33. The smallest absolute Gasteiger partial charge is 0.191 e. The number of nitrogens with zero attached hydrogens (tertiary/aromatic N) is 4. The first-order valence-corrected chi connectivity index (χ1v) is 9.46. The Morgan fingerprint density at radius 1 is 1.25 bits per heavy atom. The topological polar surface area (TPSA) is 67.1 Å². The number of aromatic nitrogens is 3. The van der Waals surface area contributed by atoms with Crippen LogP contribution in [0.25, 0.3) is 0 Å². The van der Waals surface area contributed by atoms with Crippen LogP contribution in [0.15, 0.2) is 4.99 Å². The zero-order valence-corrected chi connectivity index (χ0v) is 15.8. The summed E-state index contributed by atoms with van der Waals surface area (Å²) in [6.07, 6.45) is 8.91. The van der Waals surface area contributed by atoms with Crippen LogP contribution in [0.3, 0.4) is 0 Å². The van der Waals surface area contributed by atoms with Gasteiger partial charge in [-0.3, -0.25) is 0 Å². The highest BCUT2D eigenvalue weighted by molar-refractivity contribution is 5.80. The number of aliphatic imine (C=N–C) groups is 1. The third-order valence-corrected chi connectivity index (χ3v) is 4.76. The number of rotatable bonds is 7. The highest BCUT2D eigenvalue weighted by atomic mass is 15.3. The summed E-state index contributed by atoms with van der Waals surface area (Å²) in [5.41, 5.74) is 0. The van der Waals surface area contributed by atoms with Crippen molar-refractivity contribution in [1.82, 2.24) is 25.4 Å². The van der Waals surface area contributed by atoms with Gasteiger partial charge >= 0.3 is 0 Å². The zero-order valence-electron chi connectivity index (χ0n) is 15.8. The van der Waals surface area contributed by atoms with Crippen molar-refractivity contribution in [2.75, 3.05) is 6.54 Å². The number of aryl methyl sites for hydroxylation is 1. The molecule has 0 bridgehead atoms. The summed E-state index contributed by atoms with van der Waals surface area (Å²) in [6, 6.07) is 0.552. The van der Waals surface area contributed by atoms with Crippen LogP contribution in [-0.2, 0) is 13.6 Å². The Kier molecular flexibility index (Phi) is 7.53. The van der Waals surface area contributed by atoms with Crippen molar-refractivity contribution in [3.05, 3.63) is 11.6 Å². The van der Waals surface area contributed by atoms with Crippen LogP contribution < -0.4 is 10.6 Å². The van der Waals surface area contributed by atoms with Gasteiger partial charge in [-0.25, -0.2) is 4.99 Å². The van der Waals surface area contributed by atoms with E-state index < -0.39 is 0 Å². The van der Waals surface area contributed by atoms with E-state index in [2.05, 4.69) is 34.7 Å². The molecule has 0 atom stereocenters. The van der Waals surface area contributed by atoms with Crippen LogP contribution >= 0.6 is 0 Å². The molecule has 24 heavy (non-hydrogen) atoms. The molecule has 2 rings (SSSR count). The minimum Gasteiger partial charge on any atom is -0.356 e. The van der Waals surface area contributed by atoms with Crippen molar-refractivity contribution in [3.63, 3.8) is 0 Å². The standard InChI is InChI=1S/C18H34N6/c1-14(2)9-8-12-19-18(21-16-10-6-5-7-11-16)20-13-17-23-22-15(3)24(17)4/h14,16H,5-13H2,1-4H3,(H2,19,20,21). The Morgan fingerprint density at radius 3 is 2.62 bits per heavy atom. The molecule has 6 heteroatoms. The Labute approximate surface area is 146 Å². The molecule has 1 aromatic rings. The van der Waals surface area contributed by atoms with Gasteiger partial charge in [0.25, 0.3) is 0 Å². The maximum atomic E-state index is 4.75. The van der Waals surface area contributed by atoms with Crippen molar-refractivity contribution < 1.29 is 0 Å². The SMILES string of the molecule is Cc1nnc(CN=C(NCCCC(C)C)NC2CCCCC2)n1C.